The molecule has 0 radical (unpaired) electrons. The van der Waals surface area contributed by atoms with Gasteiger partial charge in [0, 0.05) is 6.54 Å². The smallest absolute Gasteiger partial charge is 0.335 e. The Bertz CT molecular complexity index is 633. The number of nitrogens with one attached hydrogen (secondary N) is 2. The number of carbonyl (C=O) groups is 2. The quantitative estimate of drug-likeness (QED) is 0.753. The molecule has 21 heavy (non-hydrogen) atoms. The van der Waals surface area contributed by atoms with Crippen LogP contribution in [-0.4, -0.2) is 38.8 Å². The van der Waals surface area contributed by atoms with Gasteiger partial charge in [-0.2, -0.15) is 5.10 Å². The molecular formula is C13H13N5O3. The Hall–Kier alpha value is -3.03. The molecule has 3 N–H and O–H groups in total. The second-order valence-electron chi connectivity index (χ2n) is 4.10. The summed E-state index contributed by atoms with van der Waals surface area (Å²) in [6.45, 7) is 0.356. The maximum Gasteiger partial charge on any atom is 0.335 e. The van der Waals surface area contributed by atoms with Gasteiger partial charge in [0.25, 0.3) is 5.95 Å². The molecule has 0 unspecified atom stereocenters. The van der Waals surface area contributed by atoms with E-state index in [0.717, 1.165) is 5.56 Å². The molecule has 0 aliphatic rings. The van der Waals surface area contributed by atoms with Gasteiger partial charge in [0.15, 0.2) is 0 Å². The highest BCUT2D eigenvalue weighted by molar-refractivity contribution is 5.88. The molecule has 0 fully saturated rings. The molecule has 2 rings (SSSR count). The minimum Gasteiger partial charge on any atom is -0.478 e. The summed E-state index contributed by atoms with van der Waals surface area (Å²) in [5.41, 5.74) is 1.05. The largest absolute Gasteiger partial charge is 0.478 e. The molecular weight excluding hydrogens is 274 g/mol. The van der Waals surface area contributed by atoms with E-state index in [4.69, 9.17) is 5.11 Å². The van der Waals surface area contributed by atoms with Crippen molar-refractivity contribution in [2.24, 2.45) is 0 Å². The predicted octanol–water partition coefficient (Wildman–Crippen LogP) is 0.934. The highest BCUT2D eigenvalue weighted by Crippen LogP contribution is 2.05. The van der Waals surface area contributed by atoms with E-state index in [2.05, 4.69) is 25.8 Å². The number of anilines is 1. The molecule has 2 aromatic rings. The molecule has 2 amide bonds. The first kappa shape index (κ1) is 14.4. The van der Waals surface area contributed by atoms with E-state index in [1.807, 2.05) is 0 Å². The van der Waals surface area contributed by atoms with Crippen LogP contribution < -0.4 is 10.6 Å². The third kappa shape index (κ3) is 4.53. The van der Waals surface area contributed by atoms with Gasteiger partial charge in [-0.1, -0.05) is 12.1 Å². The molecule has 1 aromatic carbocycles. The van der Waals surface area contributed by atoms with Crippen LogP contribution in [0.2, 0.25) is 0 Å². The maximum atomic E-state index is 11.6. The van der Waals surface area contributed by atoms with Crippen LogP contribution in [0.4, 0.5) is 10.7 Å². The number of benzene rings is 1. The van der Waals surface area contributed by atoms with Crippen LogP contribution >= 0.6 is 0 Å². The van der Waals surface area contributed by atoms with E-state index in [0.29, 0.717) is 13.0 Å². The van der Waals surface area contributed by atoms with E-state index in [1.54, 1.807) is 18.2 Å². The zero-order valence-electron chi connectivity index (χ0n) is 11.0. The summed E-state index contributed by atoms with van der Waals surface area (Å²) in [6.07, 6.45) is 3.33. The number of hydrogen-bond acceptors (Lipinski definition) is 5. The minimum absolute atomic E-state index is 0.114. The molecule has 1 heterocycles. The summed E-state index contributed by atoms with van der Waals surface area (Å²) in [5.74, 6) is -0.862. The van der Waals surface area contributed by atoms with Gasteiger partial charge in [-0.05, 0) is 24.1 Å². The fourth-order valence-corrected chi connectivity index (χ4v) is 1.63. The van der Waals surface area contributed by atoms with Gasteiger partial charge in [-0.25, -0.2) is 14.6 Å². The molecule has 8 heteroatoms. The molecule has 0 atom stereocenters. The van der Waals surface area contributed by atoms with Crippen molar-refractivity contribution >= 4 is 17.9 Å². The zero-order valence-corrected chi connectivity index (χ0v) is 11.0. The average Bonchev–Trinajstić information content (AvgIpc) is 2.48. The number of hydrogen-bond donors (Lipinski definition) is 3. The van der Waals surface area contributed by atoms with E-state index in [1.165, 1.54) is 18.5 Å². The van der Waals surface area contributed by atoms with Crippen molar-refractivity contribution in [3.05, 3.63) is 47.8 Å². The highest BCUT2D eigenvalue weighted by Gasteiger charge is 2.05. The number of carboxylic acid groups (broad SMARTS) is 1. The number of carbonyl (C=O) groups excluding carboxylic acids is 1. The van der Waals surface area contributed by atoms with E-state index in [9.17, 15) is 9.59 Å². The molecule has 108 valence electrons. The number of aromatic carboxylic acids is 1. The van der Waals surface area contributed by atoms with Gasteiger partial charge in [0.2, 0.25) is 0 Å². The Balaban J connectivity index is 1.80. The highest BCUT2D eigenvalue weighted by atomic mass is 16.4. The topological polar surface area (TPSA) is 117 Å². The van der Waals surface area contributed by atoms with Crippen molar-refractivity contribution < 1.29 is 14.7 Å². The predicted molar refractivity (Wildman–Crippen MR) is 74.0 cm³/mol. The van der Waals surface area contributed by atoms with Crippen molar-refractivity contribution in [2.75, 3.05) is 11.9 Å². The number of urea groups is 1. The fraction of sp³-hybridized carbons (Fsp3) is 0.154. The Labute approximate surface area is 120 Å². The molecule has 0 bridgehead atoms. The standard InChI is InChI=1S/C13H13N5O3/c19-11(20)10-3-1-2-9(8-10)4-5-15-13(21)17-12-14-6-7-16-18-12/h1-3,6-8H,4-5H2,(H,19,20)(H2,14,15,17,18,21). The summed E-state index contributed by atoms with van der Waals surface area (Å²) in [4.78, 5) is 26.2. The lowest BCUT2D eigenvalue weighted by molar-refractivity contribution is 0.0696. The van der Waals surface area contributed by atoms with Crippen molar-refractivity contribution in [3.63, 3.8) is 0 Å². The molecule has 0 spiro atoms. The molecule has 0 saturated heterocycles. The third-order valence-corrected chi connectivity index (χ3v) is 2.58. The van der Waals surface area contributed by atoms with Crippen LogP contribution in [0.15, 0.2) is 36.7 Å². The Morgan fingerprint density at radius 2 is 2.10 bits per heavy atom. The minimum atomic E-state index is -0.976. The van der Waals surface area contributed by atoms with E-state index >= 15 is 0 Å². The summed E-state index contributed by atoms with van der Waals surface area (Å²) < 4.78 is 0. The molecule has 0 saturated carbocycles. The Morgan fingerprint density at radius 1 is 1.24 bits per heavy atom. The number of rotatable bonds is 5. The van der Waals surface area contributed by atoms with Gasteiger partial charge < -0.3 is 10.4 Å². The lowest BCUT2D eigenvalue weighted by Crippen LogP contribution is -2.31. The first-order chi connectivity index (χ1) is 10.1. The van der Waals surface area contributed by atoms with Crippen LogP contribution in [0, 0.1) is 0 Å². The van der Waals surface area contributed by atoms with Gasteiger partial charge in [0.05, 0.1) is 18.0 Å². The zero-order chi connectivity index (χ0) is 15.1. The Morgan fingerprint density at radius 3 is 2.81 bits per heavy atom. The summed E-state index contributed by atoms with van der Waals surface area (Å²) in [7, 11) is 0. The molecule has 8 nitrogen and oxygen atoms in total. The van der Waals surface area contributed by atoms with Crippen LogP contribution in [-0.2, 0) is 6.42 Å². The summed E-state index contributed by atoms with van der Waals surface area (Å²) in [6, 6.07) is 6.12. The Kier molecular flexibility index (Phi) is 4.75. The molecule has 0 aliphatic carbocycles. The van der Waals surface area contributed by atoms with Crippen molar-refractivity contribution in [2.45, 2.75) is 6.42 Å². The number of amides is 2. The number of carboxylic acids is 1. The first-order valence-corrected chi connectivity index (χ1v) is 6.16. The summed E-state index contributed by atoms with van der Waals surface area (Å²) in [5, 5.41) is 21.1. The lowest BCUT2D eigenvalue weighted by atomic mass is 10.1. The monoisotopic (exact) mass is 287 g/mol. The van der Waals surface area contributed by atoms with E-state index in [-0.39, 0.29) is 11.5 Å². The average molecular weight is 287 g/mol. The van der Waals surface area contributed by atoms with Gasteiger partial charge in [0.1, 0.15) is 0 Å². The normalized spacial score (nSPS) is 9.90. The van der Waals surface area contributed by atoms with Crippen LogP contribution in [0.1, 0.15) is 15.9 Å². The van der Waals surface area contributed by atoms with Crippen molar-refractivity contribution in [3.8, 4) is 0 Å². The van der Waals surface area contributed by atoms with Crippen molar-refractivity contribution in [1.82, 2.24) is 20.5 Å². The number of aromatic nitrogens is 3. The molecule has 1 aromatic heterocycles. The van der Waals surface area contributed by atoms with Crippen molar-refractivity contribution in [1.29, 1.82) is 0 Å². The van der Waals surface area contributed by atoms with Crippen LogP contribution in [0.25, 0.3) is 0 Å². The SMILES string of the molecule is O=C(NCCc1cccc(C(=O)O)c1)Nc1nccnn1. The van der Waals surface area contributed by atoms with E-state index < -0.39 is 12.0 Å². The van der Waals surface area contributed by atoms with Crippen LogP contribution in [0.3, 0.4) is 0 Å². The fourth-order valence-electron chi connectivity index (χ4n) is 1.63. The van der Waals surface area contributed by atoms with Gasteiger partial charge in [-0.15, -0.1) is 5.10 Å². The second kappa shape index (κ2) is 6.94. The lowest BCUT2D eigenvalue weighted by Gasteiger charge is -2.06. The molecule has 0 aliphatic heterocycles. The van der Waals surface area contributed by atoms with Gasteiger partial charge >= 0.3 is 12.0 Å². The third-order valence-electron chi connectivity index (χ3n) is 2.58. The maximum absolute atomic E-state index is 11.6. The summed E-state index contributed by atoms with van der Waals surface area (Å²) >= 11 is 0. The first-order valence-electron chi connectivity index (χ1n) is 6.16. The van der Waals surface area contributed by atoms with Gasteiger partial charge in [-0.3, -0.25) is 5.32 Å². The number of nitrogens with zero attached hydrogens (tertiary/aromatic N) is 3. The second-order valence-corrected chi connectivity index (χ2v) is 4.10. The van der Waals surface area contributed by atoms with Crippen LogP contribution in [0.5, 0.6) is 0 Å².